The lowest BCUT2D eigenvalue weighted by Gasteiger charge is -1.98. The molecule has 0 aliphatic rings. The van der Waals surface area contributed by atoms with E-state index in [1.165, 1.54) is 0 Å². The second-order valence-electron chi connectivity index (χ2n) is 1.82. The third-order valence-corrected chi connectivity index (χ3v) is 1.66. The Labute approximate surface area is 72.0 Å². The molecule has 10 heavy (non-hydrogen) atoms. The van der Waals surface area contributed by atoms with Gasteiger partial charge >= 0.3 is 0 Å². The normalized spacial score (nSPS) is 13.8. The van der Waals surface area contributed by atoms with Crippen LogP contribution in [0.5, 0.6) is 5.75 Å². The van der Waals surface area contributed by atoms with E-state index in [0.717, 1.165) is 5.75 Å². The zero-order chi connectivity index (χ0) is 9.19. The van der Waals surface area contributed by atoms with Crippen molar-refractivity contribution < 1.29 is 7.48 Å². The fourth-order valence-electron chi connectivity index (χ4n) is 0.654. The van der Waals surface area contributed by atoms with Gasteiger partial charge in [-0.1, -0.05) is 28.1 Å². The van der Waals surface area contributed by atoms with Gasteiger partial charge in [0.1, 0.15) is 5.75 Å². The van der Waals surface area contributed by atoms with Crippen LogP contribution in [0, 0.1) is 0 Å². The summed E-state index contributed by atoms with van der Waals surface area (Å²) in [5.41, 5.74) is 0.586. The highest BCUT2D eigenvalue weighted by Crippen LogP contribution is 2.12. The van der Waals surface area contributed by atoms with Crippen LogP contribution in [0.4, 0.5) is 0 Å². The summed E-state index contributed by atoms with van der Waals surface area (Å²) in [5.74, 6) is 0.732. The predicted octanol–water partition coefficient (Wildman–Crippen LogP) is 2.59. The van der Waals surface area contributed by atoms with Gasteiger partial charge in [-0.15, -0.1) is 0 Å². The second kappa shape index (κ2) is 3.62. The van der Waals surface area contributed by atoms with Crippen LogP contribution in [0.1, 0.15) is 8.30 Å². The lowest BCUT2D eigenvalue weighted by atomic mass is 10.2. The third-order valence-electron chi connectivity index (χ3n) is 1.20. The second-order valence-corrected chi connectivity index (χ2v) is 2.22. The van der Waals surface area contributed by atoms with Gasteiger partial charge in [0, 0.05) is 8.02 Å². The Hall–Kier alpha value is -0.500. The van der Waals surface area contributed by atoms with Gasteiger partial charge in [0.25, 0.3) is 0 Å². The predicted molar refractivity (Wildman–Crippen MR) is 45.6 cm³/mol. The molecule has 1 aromatic carbocycles. The first-order chi connectivity index (χ1) is 5.54. The average Bonchev–Trinajstić information content (AvgIpc) is 2.03. The van der Waals surface area contributed by atoms with Crippen LogP contribution in [-0.2, 0) is 5.28 Å². The zero-order valence-corrected chi connectivity index (χ0v) is 7.18. The fourth-order valence-corrected chi connectivity index (χ4v) is 0.918. The number of ether oxygens (including phenoxy) is 1. The number of hydrogen-bond donors (Lipinski definition) is 0. The largest absolute Gasteiger partial charge is 0.497 e. The van der Waals surface area contributed by atoms with Gasteiger partial charge in [0.15, 0.2) is 0 Å². The van der Waals surface area contributed by atoms with Crippen molar-refractivity contribution in [1.29, 1.82) is 0 Å². The molecule has 0 unspecified atom stereocenters. The molecule has 2 heteroatoms. The summed E-state index contributed by atoms with van der Waals surface area (Å²) >= 11 is 2.93. The van der Waals surface area contributed by atoms with Crippen molar-refractivity contribution in [2.75, 3.05) is 7.11 Å². The van der Waals surface area contributed by atoms with Crippen LogP contribution in [0.3, 0.4) is 0 Å². The maximum Gasteiger partial charge on any atom is 0.118 e. The molecule has 0 saturated heterocycles. The van der Waals surface area contributed by atoms with Crippen LogP contribution in [0.2, 0.25) is 0 Å². The van der Waals surface area contributed by atoms with E-state index in [4.69, 9.17) is 7.48 Å². The summed E-state index contributed by atoms with van der Waals surface area (Å²) in [7, 11) is 1.58. The highest BCUT2D eigenvalue weighted by molar-refractivity contribution is 9.08. The minimum absolute atomic E-state index is 0.586. The van der Waals surface area contributed by atoms with E-state index >= 15 is 0 Å². The molecule has 1 nitrogen and oxygen atoms in total. The number of rotatable bonds is 2. The van der Waals surface area contributed by atoms with Crippen LogP contribution >= 0.6 is 15.9 Å². The van der Waals surface area contributed by atoms with Crippen molar-refractivity contribution in [2.45, 2.75) is 5.28 Å². The molecule has 0 fully saturated rings. The molecule has 0 radical (unpaired) electrons. The first kappa shape index (κ1) is 5.19. The van der Waals surface area contributed by atoms with Crippen molar-refractivity contribution in [2.24, 2.45) is 0 Å². The Balaban J connectivity index is 2.93. The molecule has 0 amide bonds. The Morgan fingerprint density at radius 3 is 2.50 bits per heavy atom. The Bertz CT molecular complexity index is 253. The van der Waals surface area contributed by atoms with E-state index in [9.17, 15) is 0 Å². The van der Waals surface area contributed by atoms with Gasteiger partial charge in [-0.3, -0.25) is 0 Å². The first-order valence-electron chi connectivity index (χ1n) is 3.87. The lowest BCUT2D eigenvalue weighted by Crippen LogP contribution is -1.82. The van der Waals surface area contributed by atoms with Crippen LogP contribution in [0.15, 0.2) is 24.3 Å². The summed E-state index contributed by atoms with van der Waals surface area (Å²) in [6, 6.07) is 6.84. The van der Waals surface area contributed by atoms with Crippen molar-refractivity contribution in [3.63, 3.8) is 0 Å². The molecule has 0 N–H and O–H groups in total. The van der Waals surface area contributed by atoms with Crippen molar-refractivity contribution in [3.05, 3.63) is 29.8 Å². The topological polar surface area (TPSA) is 9.23 Å². The van der Waals surface area contributed by atoms with Crippen LogP contribution < -0.4 is 4.74 Å². The van der Waals surface area contributed by atoms with Gasteiger partial charge in [0.2, 0.25) is 0 Å². The number of benzene rings is 1. The maximum absolute atomic E-state index is 7.34. The van der Waals surface area contributed by atoms with Gasteiger partial charge in [-0.2, -0.15) is 0 Å². The van der Waals surface area contributed by atoms with Gasteiger partial charge in [-0.05, 0) is 17.7 Å². The molecule has 0 bridgehead atoms. The lowest BCUT2D eigenvalue weighted by molar-refractivity contribution is 0.414. The van der Waals surface area contributed by atoms with E-state index in [2.05, 4.69) is 15.9 Å². The molecule has 0 atom stereocenters. The van der Waals surface area contributed by atoms with E-state index in [1.807, 2.05) is 0 Å². The molecule has 54 valence electrons. The van der Waals surface area contributed by atoms with Crippen LogP contribution in [-0.4, -0.2) is 7.11 Å². The van der Waals surface area contributed by atoms with E-state index < -0.39 is 5.28 Å². The minimum atomic E-state index is -1.46. The highest BCUT2D eigenvalue weighted by Gasteiger charge is 1.89. The number of methoxy groups -OCH3 is 1. The third kappa shape index (κ3) is 1.74. The Morgan fingerprint density at radius 2 is 2.10 bits per heavy atom. The number of alkyl halides is 1. The molecule has 0 spiro atoms. The van der Waals surface area contributed by atoms with Crippen molar-refractivity contribution in [1.82, 2.24) is 0 Å². The quantitative estimate of drug-likeness (QED) is 0.671. The van der Waals surface area contributed by atoms with Gasteiger partial charge < -0.3 is 4.74 Å². The summed E-state index contributed by atoms with van der Waals surface area (Å²) < 4.78 is 19.6. The van der Waals surface area contributed by atoms with Gasteiger partial charge in [0.05, 0.1) is 7.11 Å². The molecule has 0 heterocycles. The summed E-state index contributed by atoms with van der Waals surface area (Å²) in [6.45, 7) is 0. The zero-order valence-electron chi connectivity index (χ0n) is 7.60. The van der Waals surface area contributed by atoms with E-state index in [1.54, 1.807) is 31.4 Å². The van der Waals surface area contributed by atoms with Crippen LogP contribution in [0.25, 0.3) is 0 Å². The highest BCUT2D eigenvalue weighted by atomic mass is 79.9. The van der Waals surface area contributed by atoms with Crippen molar-refractivity contribution >= 4 is 15.9 Å². The minimum Gasteiger partial charge on any atom is -0.497 e. The molecular formula is C8H9BrO. The number of hydrogen-bond acceptors (Lipinski definition) is 1. The van der Waals surface area contributed by atoms with E-state index in [0.29, 0.717) is 5.56 Å². The monoisotopic (exact) mass is 202 g/mol. The van der Waals surface area contributed by atoms with E-state index in [-0.39, 0.29) is 0 Å². The first-order valence-corrected chi connectivity index (χ1v) is 3.67. The smallest absolute Gasteiger partial charge is 0.118 e. The summed E-state index contributed by atoms with van der Waals surface area (Å²) in [4.78, 5) is 0. The molecule has 0 aromatic heterocycles. The molecule has 0 aliphatic heterocycles. The molecule has 1 aromatic rings. The van der Waals surface area contributed by atoms with Crippen molar-refractivity contribution in [3.8, 4) is 5.75 Å². The molecule has 1 rings (SSSR count). The fraction of sp³-hybridized carbons (Fsp3) is 0.250. The van der Waals surface area contributed by atoms with Gasteiger partial charge in [-0.25, -0.2) is 0 Å². The molecule has 0 aliphatic carbocycles. The standard InChI is InChI=1S/C8H9BrO/c1-10-8-4-2-7(6-9)3-5-8/h2-5H,6H2,1H3/i6D2. The number of halogens is 1. The summed E-state index contributed by atoms with van der Waals surface area (Å²) in [5, 5.41) is -1.46. The Morgan fingerprint density at radius 1 is 1.50 bits per heavy atom. The Kier molecular flexibility index (Phi) is 1.88. The SMILES string of the molecule is [2H]C([2H])(Br)c1ccc(OC)cc1. The molecule has 0 saturated carbocycles. The summed E-state index contributed by atoms with van der Waals surface area (Å²) in [6.07, 6.45) is 0. The molecular weight excluding hydrogens is 192 g/mol. The average molecular weight is 203 g/mol. The maximum atomic E-state index is 7.34.